The van der Waals surface area contributed by atoms with Crippen molar-refractivity contribution in [1.29, 1.82) is 0 Å². The van der Waals surface area contributed by atoms with Crippen LogP contribution in [0.5, 0.6) is 0 Å². The van der Waals surface area contributed by atoms with Gasteiger partial charge in [0.25, 0.3) is 0 Å². The smallest absolute Gasteiger partial charge is 0.123 e. The summed E-state index contributed by atoms with van der Waals surface area (Å²) < 4.78 is 2.12. The fourth-order valence-corrected chi connectivity index (χ4v) is 3.36. The second-order valence-corrected chi connectivity index (χ2v) is 6.60. The molecule has 0 unspecified atom stereocenters. The SMILES string of the molecule is C[C@H](C[C@H](O)c1cccs1)NCc1nc2ccccc2n1C. The van der Waals surface area contributed by atoms with Crippen LogP contribution < -0.4 is 5.32 Å². The summed E-state index contributed by atoms with van der Waals surface area (Å²) in [6, 6.07) is 12.3. The standard InChI is InChI=1S/C17H21N3OS/c1-12(10-15(21)16-8-5-9-22-16)18-11-17-19-13-6-3-4-7-14(13)20(17)2/h3-9,12,15,18,21H,10-11H2,1-2H3/t12-,15+/m1/s1. The maximum absolute atomic E-state index is 10.2. The number of imidazole rings is 1. The quantitative estimate of drug-likeness (QED) is 0.734. The maximum Gasteiger partial charge on any atom is 0.123 e. The van der Waals surface area contributed by atoms with E-state index in [9.17, 15) is 5.11 Å². The molecule has 2 atom stereocenters. The molecular weight excluding hydrogens is 294 g/mol. The highest BCUT2D eigenvalue weighted by Crippen LogP contribution is 2.23. The molecule has 1 aromatic carbocycles. The first kappa shape index (κ1) is 15.2. The number of hydrogen-bond donors (Lipinski definition) is 2. The summed E-state index contributed by atoms with van der Waals surface area (Å²) in [5.74, 6) is 1.01. The molecule has 0 amide bonds. The molecule has 0 aliphatic carbocycles. The van der Waals surface area contributed by atoms with Crippen molar-refractivity contribution in [3.8, 4) is 0 Å². The van der Waals surface area contributed by atoms with Crippen molar-refractivity contribution in [3.63, 3.8) is 0 Å². The van der Waals surface area contributed by atoms with Crippen LogP contribution in [0.3, 0.4) is 0 Å². The minimum absolute atomic E-state index is 0.219. The highest BCUT2D eigenvalue weighted by atomic mass is 32.1. The number of nitrogens with one attached hydrogen (secondary N) is 1. The molecule has 0 saturated heterocycles. The van der Waals surface area contributed by atoms with E-state index >= 15 is 0 Å². The Morgan fingerprint density at radius 1 is 1.27 bits per heavy atom. The lowest BCUT2D eigenvalue weighted by atomic mass is 10.1. The molecule has 5 heteroatoms. The lowest BCUT2D eigenvalue weighted by Gasteiger charge is -2.17. The number of nitrogens with zero attached hydrogens (tertiary/aromatic N) is 2. The van der Waals surface area contributed by atoms with Gasteiger partial charge in [-0.1, -0.05) is 18.2 Å². The van der Waals surface area contributed by atoms with Gasteiger partial charge >= 0.3 is 0 Å². The number of para-hydroxylation sites is 2. The number of rotatable bonds is 6. The molecule has 2 aromatic heterocycles. The summed E-state index contributed by atoms with van der Waals surface area (Å²) in [4.78, 5) is 5.68. The largest absolute Gasteiger partial charge is 0.388 e. The van der Waals surface area contributed by atoms with E-state index in [1.807, 2.05) is 42.8 Å². The minimum Gasteiger partial charge on any atom is -0.388 e. The average Bonchev–Trinajstić information content (AvgIpc) is 3.14. The highest BCUT2D eigenvalue weighted by molar-refractivity contribution is 7.10. The molecule has 0 saturated carbocycles. The third-order valence-corrected chi connectivity index (χ3v) is 4.91. The van der Waals surface area contributed by atoms with E-state index in [-0.39, 0.29) is 6.04 Å². The Hall–Kier alpha value is -1.69. The summed E-state index contributed by atoms with van der Waals surface area (Å²) in [7, 11) is 2.04. The number of aryl methyl sites for hydroxylation is 1. The molecule has 116 valence electrons. The molecule has 0 radical (unpaired) electrons. The van der Waals surface area contributed by atoms with Gasteiger partial charge in [0.05, 0.1) is 23.7 Å². The predicted molar refractivity (Wildman–Crippen MR) is 90.9 cm³/mol. The van der Waals surface area contributed by atoms with E-state index < -0.39 is 6.10 Å². The van der Waals surface area contributed by atoms with Gasteiger partial charge in [-0.05, 0) is 36.9 Å². The molecule has 2 N–H and O–H groups in total. The lowest BCUT2D eigenvalue weighted by Crippen LogP contribution is -2.28. The molecule has 3 aromatic rings. The number of aliphatic hydroxyl groups is 1. The summed E-state index contributed by atoms with van der Waals surface area (Å²) in [6.45, 7) is 2.79. The zero-order chi connectivity index (χ0) is 15.5. The average molecular weight is 315 g/mol. The Balaban J connectivity index is 1.60. The fraction of sp³-hybridized carbons (Fsp3) is 0.353. The van der Waals surface area contributed by atoms with Crippen molar-refractivity contribution in [2.45, 2.75) is 32.0 Å². The normalized spacial score (nSPS) is 14.3. The molecule has 4 nitrogen and oxygen atoms in total. The van der Waals surface area contributed by atoms with Crippen LogP contribution >= 0.6 is 11.3 Å². The van der Waals surface area contributed by atoms with Crippen LogP contribution in [-0.4, -0.2) is 20.7 Å². The number of benzene rings is 1. The lowest BCUT2D eigenvalue weighted by molar-refractivity contribution is 0.157. The number of hydrogen-bond acceptors (Lipinski definition) is 4. The second-order valence-electron chi connectivity index (χ2n) is 5.62. The molecule has 22 heavy (non-hydrogen) atoms. The summed E-state index contributed by atoms with van der Waals surface area (Å²) in [5.41, 5.74) is 2.17. The Morgan fingerprint density at radius 3 is 2.82 bits per heavy atom. The summed E-state index contributed by atoms with van der Waals surface area (Å²) in [5, 5.41) is 15.6. The van der Waals surface area contributed by atoms with Gasteiger partial charge < -0.3 is 15.0 Å². The van der Waals surface area contributed by atoms with E-state index in [1.54, 1.807) is 11.3 Å². The van der Waals surface area contributed by atoms with Crippen molar-refractivity contribution in [2.24, 2.45) is 7.05 Å². The van der Waals surface area contributed by atoms with E-state index in [2.05, 4.69) is 27.9 Å². The Kier molecular flexibility index (Phi) is 4.57. The first-order valence-electron chi connectivity index (χ1n) is 7.50. The number of thiophene rings is 1. The van der Waals surface area contributed by atoms with Gasteiger partial charge in [-0.2, -0.15) is 0 Å². The number of aliphatic hydroxyl groups excluding tert-OH is 1. The fourth-order valence-electron chi connectivity index (χ4n) is 2.63. The molecule has 0 aliphatic rings. The minimum atomic E-state index is -0.400. The van der Waals surface area contributed by atoms with Crippen LogP contribution in [0.25, 0.3) is 11.0 Å². The van der Waals surface area contributed by atoms with Crippen LogP contribution in [0.2, 0.25) is 0 Å². The van der Waals surface area contributed by atoms with Crippen LogP contribution in [0, 0.1) is 0 Å². The van der Waals surface area contributed by atoms with Crippen molar-refractivity contribution in [3.05, 3.63) is 52.5 Å². The molecule has 0 aliphatic heterocycles. The zero-order valence-electron chi connectivity index (χ0n) is 12.9. The van der Waals surface area contributed by atoms with E-state index in [0.29, 0.717) is 13.0 Å². The summed E-state index contributed by atoms with van der Waals surface area (Å²) in [6.07, 6.45) is 0.299. The van der Waals surface area contributed by atoms with Gasteiger partial charge in [-0.15, -0.1) is 11.3 Å². The van der Waals surface area contributed by atoms with Crippen LogP contribution in [0.15, 0.2) is 41.8 Å². The number of fused-ring (bicyclic) bond motifs is 1. The first-order valence-corrected chi connectivity index (χ1v) is 8.38. The van der Waals surface area contributed by atoms with Crippen molar-refractivity contribution < 1.29 is 5.11 Å². The Morgan fingerprint density at radius 2 is 2.09 bits per heavy atom. The van der Waals surface area contributed by atoms with E-state index in [4.69, 9.17) is 0 Å². The van der Waals surface area contributed by atoms with Crippen LogP contribution in [0.4, 0.5) is 0 Å². The molecule has 0 fully saturated rings. The first-order chi connectivity index (χ1) is 10.6. The van der Waals surface area contributed by atoms with Gasteiger partial charge in [-0.3, -0.25) is 0 Å². The van der Waals surface area contributed by atoms with Gasteiger partial charge in [0.1, 0.15) is 5.82 Å². The summed E-state index contributed by atoms with van der Waals surface area (Å²) >= 11 is 1.60. The van der Waals surface area contributed by atoms with Crippen molar-refractivity contribution in [1.82, 2.24) is 14.9 Å². The van der Waals surface area contributed by atoms with Crippen molar-refractivity contribution >= 4 is 22.4 Å². The van der Waals surface area contributed by atoms with Gasteiger partial charge in [0.2, 0.25) is 0 Å². The molecule has 0 spiro atoms. The number of aromatic nitrogens is 2. The van der Waals surface area contributed by atoms with Gasteiger partial charge in [-0.25, -0.2) is 4.98 Å². The molecule has 0 bridgehead atoms. The second kappa shape index (κ2) is 6.60. The maximum atomic E-state index is 10.2. The van der Waals surface area contributed by atoms with Crippen LogP contribution in [0.1, 0.15) is 30.2 Å². The zero-order valence-corrected chi connectivity index (χ0v) is 13.7. The monoisotopic (exact) mass is 315 g/mol. The Bertz CT molecular complexity index is 736. The molecule has 3 rings (SSSR count). The topological polar surface area (TPSA) is 50.1 Å². The Labute approximate surface area is 134 Å². The van der Waals surface area contributed by atoms with E-state index in [0.717, 1.165) is 21.7 Å². The van der Waals surface area contributed by atoms with Crippen molar-refractivity contribution in [2.75, 3.05) is 0 Å². The van der Waals surface area contributed by atoms with Crippen LogP contribution in [-0.2, 0) is 13.6 Å². The molecule has 2 heterocycles. The van der Waals surface area contributed by atoms with Gasteiger partial charge in [0, 0.05) is 18.0 Å². The van der Waals surface area contributed by atoms with Gasteiger partial charge in [0.15, 0.2) is 0 Å². The predicted octanol–water partition coefficient (Wildman–Crippen LogP) is 3.24. The van der Waals surface area contributed by atoms with E-state index in [1.165, 1.54) is 0 Å². The highest BCUT2D eigenvalue weighted by Gasteiger charge is 2.14. The third kappa shape index (κ3) is 3.21. The third-order valence-electron chi connectivity index (χ3n) is 3.94. The molecular formula is C17H21N3OS.